The van der Waals surface area contributed by atoms with Gasteiger partial charge >= 0.3 is 0 Å². The highest BCUT2D eigenvalue weighted by Crippen LogP contribution is 2.36. The molecule has 138 valence electrons. The summed E-state index contributed by atoms with van der Waals surface area (Å²) in [6, 6.07) is 10.7. The Hall–Kier alpha value is -1.86. The van der Waals surface area contributed by atoms with Gasteiger partial charge in [-0.3, -0.25) is 4.79 Å². The summed E-state index contributed by atoms with van der Waals surface area (Å²) in [5.74, 6) is 0.949. The zero-order valence-electron chi connectivity index (χ0n) is 15.0. The highest BCUT2D eigenvalue weighted by molar-refractivity contribution is 8.00. The van der Waals surface area contributed by atoms with Gasteiger partial charge < -0.3 is 10.2 Å². The van der Waals surface area contributed by atoms with Crippen LogP contribution in [0.15, 0.2) is 36.5 Å². The predicted octanol–water partition coefficient (Wildman–Crippen LogP) is 2.52. The van der Waals surface area contributed by atoms with Crippen LogP contribution in [0.2, 0.25) is 0 Å². The summed E-state index contributed by atoms with van der Waals surface area (Å²) in [5, 5.41) is 12.2. The van der Waals surface area contributed by atoms with Gasteiger partial charge in [-0.1, -0.05) is 42.5 Å². The second-order valence-corrected chi connectivity index (χ2v) is 8.48. The number of aromatic nitrogens is 3. The Morgan fingerprint density at radius 2 is 2.00 bits per heavy atom. The lowest BCUT2D eigenvalue weighted by atomic mass is 10.0. The molecule has 0 spiro atoms. The molecule has 2 atom stereocenters. The van der Waals surface area contributed by atoms with E-state index in [9.17, 15) is 4.79 Å². The van der Waals surface area contributed by atoms with Crippen LogP contribution in [-0.4, -0.2) is 56.4 Å². The first-order valence-corrected chi connectivity index (χ1v) is 10.4. The summed E-state index contributed by atoms with van der Waals surface area (Å²) in [4.78, 5) is 15.2. The number of hydrogen-bond acceptors (Lipinski definition) is 5. The molecule has 2 unspecified atom stereocenters. The van der Waals surface area contributed by atoms with E-state index in [4.69, 9.17) is 0 Å². The predicted molar refractivity (Wildman–Crippen MR) is 103 cm³/mol. The van der Waals surface area contributed by atoms with Gasteiger partial charge in [-0.2, -0.15) is 11.8 Å². The molecular formula is C19H25N5OS. The summed E-state index contributed by atoms with van der Waals surface area (Å²) in [6.07, 6.45) is 3.90. The smallest absolute Gasteiger partial charge is 0.276 e. The number of piperidine rings is 1. The Labute approximate surface area is 158 Å². The monoisotopic (exact) mass is 371 g/mol. The van der Waals surface area contributed by atoms with Crippen molar-refractivity contribution in [1.29, 1.82) is 0 Å². The summed E-state index contributed by atoms with van der Waals surface area (Å²) in [5.41, 5.74) is 1.65. The molecule has 2 aliphatic heterocycles. The van der Waals surface area contributed by atoms with Crippen molar-refractivity contribution in [2.24, 2.45) is 0 Å². The Bertz CT molecular complexity index is 743. The van der Waals surface area contributed by atoms with Gasteiger partial charge in [0, 0.05) is 17.5 Å². The maximum Gasteiger partial charge on any atom is 0.276 e. The van der Waals surface area contributed by atoms with Gasteiger partial charge in [0.05, 0.1) is 18.3 Å². The van der Waals surface area contributed by atoms with Crippen LogP contribution in [0, 0.1) is 0 Å². The average molecular weight is 372 g/mol. The van der Waals surface area contributed by atoms with Crippen molar-refractivity contribution in [3.63, 3.8) is 0 Å². The number of carbonyl (C=O) groups excluding carboxylic acids is 1. The van der Waals surface area contributed by atoms with Gasteiger partial charge in [-0.05, 0) is 31.5 Å². The van der Waals surface area contributed by atoms with Crippen molar-refractivity contribution in [2.75, 3.05) is 25.4 Å². The number of hydrogen-bond donors (Lipinski definition) is 1. The Kier molecular flexibility index (Phi) is 5.26. The summed E-state index contributed by atoms with van der Waals surface area (Å²) in [6.45, 7) is 4.93. The minimum Gasteiger partial charge on any atom is -0.328 e. The Morgan fingerprint density at radius 1 is 1.23 bits per heavy atom. The standard InChI is InChI=1S/C19H25N5OS/c1-14-18(15-5-3-2-4-6-15)23(11-12-26-14)19(25)17-13-24(22-21-17)16-7-9-20-10-8-16/h2-6,13-14,16,18,20H,7-12H2,1H3. The molecular weight excluding hydrogens is 346 g/mol. The molecule has 6 nitrogen and oxygen atoms in total. The van der Waals surface area contributed by atoms with Crippen molar-refractivity contribution in [2.45, 2.75) is 37.1 Å². The molecule has 0 bridgehead atoms. The first kappa shape index (κ1) is 17.5. The molecule has 1 aromatic carbocycles. The van der Waals surface area contributed by atoms with E-state index in [1.807, 2.05) is 45.7 Å². The molecule has 26 heavy (non-hydrogen) atoms. The molecule has 0 aliphatic carbocycles. The molecule has 0 radical (unpaired) electrons. The lowest BCUT2D eigenvalue weighted by molar-refractivity contribution is 0.0674. The first-order valence-electron chi connectivity index (χ1n) is 9.34. The third-order valence-corrected chi connectivity index (χ3v) is 6.51. The SMILES string of the molecule is CC1SCCN(C(=O)c2cn(C3CCNCC3)nn2)C1c1ccccc1. The number of rotatable bonds is 3. The van der Waals surface area contributed by atoms with E-state index in [-0.39, 0.29) is 11.9 Å². The van der Waals surface area contributed by atoms with Gasteiger partial charge in [-0.15, -0.1) is 5.10 Å². The molecule has 1 N–H and O–H groups in total. The molecule has 1 amide bonds. The number of nitrogens with zero attached hydrogens (tertiary/aromatic N) is 4. The highest BCUT2D eigenvalue weighted by atomic mass is 32.2. The number of benzene rings is 1. The van der Waals surface area contributed by atoms with Crippen LogP contribution in [0.25, 0.3) is 0 Å². The molecule has 7 heteroatoms. The van der Waals surface area contributed by atoms with Crippen molar-refractivity contribution in [3.05, 3.63) is 47.8 Å². The summed E-state index contributed by atoms with van der Waals surface area (Å²) in [7, 11) is 0. The zero-order valence-corrected chi connectivity index (χ0v) is 15.9. The topological polar surface area (TPSA) is 63.1 Å². The molecule has 2 aromatic rings. The second-order valence-electron chi connectivity index (χ2n) is 6.99. The fourth-order valence-corrected chi connectivity index (χ4v) is 5.08. The number of carbonyl (C=O) groups is 1. The van der Waals surface area contributed by atoms with Crippen molar-refractivity contribution in [1.82, 2.24) is 25.2 Å². The molecule has 2 saturated heterocycles. The van der Waals surface area contributed by atoms with Crippen LogP contribution >= 0.6 is 11.8 Å². The molecule has 2 aliphatic rings. The normalized spacial score (nSPS) is 24.6. The molecule has 0 saturated carbocycles. The number of nitrogens with one attached hydrogen (secondary N) is 1. The Morgan fingerprint density at radius 3 is 2.77 bits per heavy atom. The van der Waals surface area contributed by atoms with E-state index in [0.29, 0.717) is 17.0 Å². The molecule has 1 aromatic heterocycles. The van der Waals surface area contributed by atoms with Gasteiger partial charge in [-0.25, -0.2) is 4.68 Å². The van der Waals surface area contributed by atoms with Crippen LogP contribution in [-0.2, 0) is 0 Å². The maximum atomic E-state index is 13.2. The third kappa shape index (κ3) is 3.50. The molecule has 2 fully saturated rings. The third-order valence-electron chi connectivity index (χ3n) is 5.31. The first-order chi connectivity index (χ1) is 12.7. The lowest BCUT2D eigenvalue weighted by Gasteiger charge is -2.39. The minimum atomic E-state index is -0.00816. The minimum absolute atomic E-state index is 0.00816. The van der Waals surface area contributed by atoms with E-state index in [1.165, 1.54) is 5.56 Å². The molecule has 3 heterocycles. The van der Waals surface area contributed by atoms with E-state index in [0.717, 1.165) is 38.2 Å². The van der Waals surface area contributed by atoms with Crippen molar-refractivity contribution < 1.29 is 4.79 Å². The number of thioether (sulfide) groups is 1. The average Bonchev–Trinajstić information content (AvgIpc) is 3.19. The second kappa shape index (κ2) is 7.80. The van der Waals surface area contributed by atoms with Crippen LogP contribution in [0.3, 0.4) is 0 Å². The van der Waals surface area contributed by atoms with E-state index in [1.54, 1.807) is 0 Å². The van der Waals surface area contributed by atoms with Crippen LogP contribution in [0.5, 0.6) is 0 Å². The van der Waals surface area contributed by atoms with Gasteiger partial charge in [0.2, 0.25) is 0 Å². The van der Waals surface area contributed by atoms with Gasteiger partial charge in [0.15, 0.2) is 5.69 Å². The summed E-state index contributed by atoms with van der Waals surface area (Å²) < 4.78 is 1.88. The molecule has 4 rings (SSSR count). The van der Waals surface area contributed by atoms with E-state index < -0.39 is 0 Å². The highest BCUT2D eigenvalue weighted by Gasteiger charge is 2.35. The fourth-order valence-electron chi connectivity index (χ4n) is 3.92. The van der Waals surface area contributed by atoms with E-state index >= 15 is 0 Å². The number of amides is 1. The Balaban J connectivity index is 1.56. The quantitative estimate of drug-likeness (QED) is 0.898. The van der Waals surface area contributed by atoms with Gasteiger partial charge in [0.1, 0.15) is 0 Å². The van der Waals surface area contributed by atoms with Gasteiger partial charge in [0.25, 0.3) is 5.91 Å². The fraction of sp³-hybridized carbons (Fsp3) is 0.526. The zero-order chi connectivity index (χ0) is 17.9. The van der Waals surface area contributed by atoms with Crippen LogP contribution in [0.1, 0.15) is 47.9 Å². The van der Waals surface area contributed by atoms with Crippen LogP contribution < -0.4 is 5.32 Å². The van der Waals surface area contributed by atoms with Crippen LogP contribution in [0.4, 0.5) is 0 Å². The summed E-state index contributed by atoms with van der Waals surface area (Å²) >= 11 is 1.92. The maximum absolute atomic E-state index is 13.2. The lowest BCUT2D eigenvalue weighted by Crippen LogP contribution is -2.44. The van der Waals surface area contributed by atoms with Crippen molar-refractivity contribution in [3.8, 4) is 0 Å². The van der Waals surface area contributed by atoms with Crippen molar-refractivity contribution >= 4 is 17.7 Å². The van der Waals surface area contributed by atoms with E-state index in [2.05, 4.69) is 34.7 Å². The largest absolute Gasteiger partial charge is 0.328 e.